The summed E-state index contributed by atoms with van der Waals surface area (Å²) in [7, 11) is -1.02. The highest BCUT2D eigenvalue weighted by Crippen LogP contribution is 2.21. The van der Waals surface area contributed by atoms with Crippen LogP contribution in [0.2, 0.25) is 19.6 Å². The van der Waals surface area contributed by atoms with Gasteiger partial charge >= 0.3 is 0 Å². The molecule has 94 valence electrons. The quantitative estimate of drug-likeness (QED) is 0.518. The highest BCUT2D eigenvalue weighted by Gasteiger charge is 2.11. The van der Waals surface area contributed by atoms with Gasteiger partial charge in [0.05, 0.1) is 8.07 Å². The van der Waals surface area contributed by atoms with Gasteiger partial charge in [0.25, 0.3) is 0 Å². The van der Waals surface area contributed by atoms with Gasteiger partial charge in [0, 0.05) is 6.17 Å². The second-order valence-corrected chi connectivity index (χ2v) is 11.3. The molecule has 0 aromatic heterocycles. The van der Waals surface area contributed by atoms with E-state index in [0.29, 0.717) is 5.92 Å². The summed E-state index contributed by atoms with van der Waals surface area (Å²) >= 11 is 0. The first kappa shape index (κ1) is 14.2. The molecule has 1 atom stereocenters. The SMILES string of the molecule is CCC(C/C=N/C[Si](C)(C)C)c1ccccc1. The summed E-state index contributed by atoms with van der Waals surface area (Å²) in [5.41, 5.74) is 1.44. The highest BCUT2D eigenvalue weighted by atomic mass is 28.3. The molecule has 0 aliphatic carbocycles. The lowest BCUT2D eigenvalue weighted by Gasteiger charge is -2.14. The predicted octanol–water partition coefficient (Wildman–Crippen LogP) is 4.52. The second-order valence-electron chi connectivity index (χ2n) is 5.84. The minimum Gasteiger partial charge on any atom is -0.301 e. The number of benzene rings is 1. The van der Waals surface area contributed by atoms with Gasteiger partial charge in [-0.25, -0.2) is 0 Å². The van der Waals surface area contributed by atoms with E-state index in [9.17, 15) is 0 Å². The standard InChI is InChI=1S/C15H25NSi/c1-5-14(15-9-7-6-8-10-15)11-12-16-13-17(2,3)4/h6-10,12,14H,5,11,13H2,1-4H3/b16-12+. The zero-order chi connectivity index (χ0) is 12.7. The normalized spacial score (nSPS) is 14.1. The largest absolute Gasteiger partial charge is 0.301 e. The van der Waals surface area contributed by atoms with Gasteiger partial charge in [-0.15, -0.1) is 0 Å². The number of rotatable bonds is 6. The van der Waals surface area contributed by atoms with Gasteiger partial charge < -0.3 is 4.99 Å². The van der Waals surface area contributed by atoms with Crippen molar-refractivity contribution in [1.82, 2.24) is 0 Å². The molecule has 0 spiro atoms. The van der Waals surface area contributed by atoms with Crippen LogP contribution in [0.15, 0.2) is 35.3 Å². The lowest BCUT2D eigenvalue weighted by molar-refractivity contribution is 0.696. The van der Waals surface area contributed by atoms with Crippen LogP contribution in [0.4, 0.5) is 0 Å². The summed E-state index contributed by atoms with van der Waals surface area (Å²) in [6, 6.07) is 10.8. The Labute approximate surface area is 107 Å². The van der Waals surface area contributed by atoms with Gasteiger partial charge in [-0.2, -0.15) is 0 Å². The smallest absolute Gasteiger partial charge is 0.0692 e. The van der Waals surface area contributed by atoms with Crippen LogP contribution in [0.5, 0.6) is 0 Å². The van der Waals surface area contributed by atoms with E-state index in [-0.39, 0.29) is 0 Å². The lowest BCUT2D eigenvalue weighted by atomic mass is 9.94. The lowest BCUT2D eigenvalue weighted by Crippen LogP contribution is -2.24. The number of nitrogens with zero attached hydrogens (tertiary/aromatic N) is 1. The highest BCUT2D eigenvalue weighted by molar-refractivity contribution is 6.76. The van der Waals surface area contributed by atoms with Crippen molar-refractivity contribution in [3.63, 3.8) is 0 Å². The molecule has 1 nitrogen and oxygen atoms in total. The molecule has 1 aromatic rings. The minimum atomic E-state index is -1.02. The predicted molar refractivity (Wildman–Crippen MR) is 80.8 cm³/mol. The maximum absolute atomic E-state index is 4.59. The van der Waals surface area contributed by atoms with Gasteiger partial charge in [0.15, 0.2) is 0 Å². The van der Waals surface area contributed by atoms with E-state index in [4.69, 9.17) is 0 Å². The van der Waals surface area contributed by atoms with Crippen LogP contribution in [0.1, 0.15) is 31.2 Å². The van der Waals surface area contributed by atoms with Crippen molar-refractivity contribution in [2.75, 3.05) is 6.17 Å². The van der Waals surface area contributed by atoms with Crippen LogP contribution in [0.3, 0.4) is 0 Å². The Morgan fingerprint density at radius 3 is 2.35 bits per heavy atom. The van der Waals surface area contributed by atoms with Gasteiger partial charge in [-0.1, -0.05) is 56.9 Å². The number of hydrogen-bond donors (Lipinski definition) is 0. The molecular weight excluding hydrogens is 222 g/mol. The van der Waals surface area contributed by atoms with Crippen molar-refractivity contribution >= 4 is 14.3 Å². The van der Waals surface area contributed by atoms with E-state index in [1.165, 1.54) is 12.0 Å². The zero-order valence-electron chi connectivity index (χ0n) is 11.6. The average molecular weight is 247 g/mol. The molecule has 1 rings (SSSR count). The third kappa shape index (κ3) is 5.83. The van der Waals surface area contributed by atoms with Crippen molar-refractivity contribution < 1.29 is 0 Å². The Bertz CT molecular complexity index is 338. The van der Waals surface area contributed by atoms with Crippen molar-refractivity contribution in [3.8, 4) is 0 Å². The first-order valence-corrected chi connectivity index (χ1v) is 10.3. The molecule has 0 amide bonds. The molecule has 0 radical (unpaired) electrons. The molecule has 0 saturated carbocycles. The first-order chi connectivity index (χ1) is 8.03. The van der Waals surface area contributed by atoms with Gasteiger partial charge in [-0.05, 0) is 30.5 Å². The van der Waals surface area contributed by atoms with Gasteiger partial charge in [0.1, 0.15) is 0 Å². The molecule has 0 aliphatic rings. The Kier molecular flexibility index (Phi) is 5.62. The molecule has 0 N–H and O–H groups in total. The fourth-order valence-electron chi connectivity index (χ4n) is 1.80. The maximum Gasteiger partial charge on any atom is 0.0692 e. The molecular formula is C15H25NSi. The number of aliphatic imine (C=N–C) groups is 1. The molecule has 0 aliphatic heterocycles. The van der Waals surface area contributed by atoms with Crippen LogP contribution >= 0.6 is 0 Å². The fourth-order valence-corrected chi connectivity index (χ4v) is 2.48. The van der Waals surface area contributed by atoms with E-state index in [2.05, 4.69) is 68.1 Å². The van der Waals surface area contributed by atoms with Crippen LogP contribution in [-0.2, 0) is 0 Å². The van der Waals surface area contributed by atoms with Gasteiger partial charge in [-0.3, -0.25) is 0 Å². The Hall–Kier alpha value is -0.893. The van der Waals surface area contributed by atoms with Crippen LogP contribution in [-0.4, -0.2) is 20.5 Å². The summed E-state index contributed by atoms with van der Waals surface area (Å²) in [5, 5.41) is 0. The molecule has 17 heavy (non-hydrogen) atoms. The zero-order valence-corrected chi connectivity index (χ0v) is 12.6. The third-order valence-corrected chi connectivity index (χ3v) is 3.98. The molecule has 2 heteroatoms. The molecule has 0 fully saturated rings. The van der Waals surface area contributed by atoms with Crippen molar-refractivity contribution in [3.05, 3.63) is 35.9 Å². The Morgan fingerprint density at radius 1 is 1.18 bits per heavy atom. The fraction of sp³-hybridized carbons (Fsp3) is 0.533. The third-order valence-electron chi connectivity index (χ3n) is 2.85. The van der Waals surface area contributed by atoms with E-state index < -0.39 is 8.07 Å². The summed E-state index contributed by atoms with van der Waals surface area (Å²) in [5.74, 6) is 0.626. The Morgan fingerprint density at radius 2 is 1.82 bits per heavy atom. The number of hydrogen-bond acceptors (Lipinski definition) is 1. The summed E-state index contributed by atoms with van der Waals surface area (Å²) in [6.45, 7) is 9.33. The second kappa shape index (κ2) is 6.75. The van der Waals surface area contributed by atoms with Crippen molar-refractivity contribution in [1.29, 1.82) is 0 Å². The van der Waals surface area contributed by atoms with Crippen LogP contribution < -0.4 is 0 Å². The monoisotopic (exact) mass is 247 g/mol. The molecule has 0 bridgehead atoms. The van der Waals surface area contributed by atoms with Crippen LogP contribution in [0.25, 0.3) is 0 Å². The first-order valence-electron chi connectivity index (χ1n) is 6.56. The summed E-state index contributed by atoms with van der Waals surface area (Å²) in [6.07, 6.45) is 5.45. The van der Waals surface area contributed by atoms with E-state index in [0.717, 1.165) is 12.6 Å². The molecule has 1 aromatic carbocycles. The van der Waals surface area contributed by atoms with Crippen molar-refractivity contribution in [2.45, 2.75) is 45.3 Å². The Balaban J connectivity index is 2.49. The maximum atomic E-state index is 4.59. The molecule has 1 unspecified atom stereocenters. The molecule has 0 heterocycles. The van der Waals surface area contributed by atoms with E-state index >= 15 is 0 Å². The van der Waals surface area contributed by atoms with Gasteiger partial charge in [0.2, 0.25) is 0 Å². The van der Waals surface area contributed by atoms with E-state index in [1.807, 2.05) is 0 Å². The topological polar surface area (TPSA) is 12.4 Å². The summed E-state index contributed by atoms with van der Waals surface area (Å²) < 4.78 is 0. The molecule has 0 saturated heterocycles. The average Bonchev–Trinajstić information content (AvgIpc) is 2.29. The summed E-state index contributed by atoms with van der Waals surface area (Å²) in [4.78, 5) is 4.59. The minimum absolute atomic E-state index is 0.626. The van der Waals surface area contributed by atoms with E-state index in [1.54, 1.807) is 0 Å². The van der Waals surface area contributed by atoms with Crippen molar-refractivity contribution in [2.24, 2.45) is 4.99 Å². The van der Waals surface area contributed by atoms with Crippen LogP contribution in [0, 0.1) is 0 Å².